The van der Waals surface area contributed by atoms with Gasteiger partial charge in [-0.25, -0.2) is 0 Å². The maximum absolute atomic E-state index is 9.08. The average molecular weight is 274 g/mol. The monoisotopic (exact) mass is 273 g/mol. The summed E-state index contributed by atoms with van der Waals surface area (Å²) in [5, 5.41) is 9.45. The fourth-order valence-electron chi connectivity index (χ4n) is 1.62. The van der Waals surface area contributed by atoms with Gasteiger partial charge >= 0.3 is 0 Å². The Morgan fingerprint density at radius 1 is 1.16 bits per heavy atom. The van der Waals surface area contributed by atoms with Crippen LogP contribution in [0.1, 0.15) is 12.5 Å². The third-order valence-corrected chi connectivity index (χ3v) is 2.75. The van der Waals surface area contributed by atoms with Crippen LogP contribution in [0.4, 0.5) is 0 Å². The summed E-state index contributed by atoms with van der Waals surface area (Å²) in [7, 11) is 0. The Balaban J connectivity index is 2.29. The fourth-order valence-corrected chi connectivity index (χ4v) is 1.83. The van der Waals surface area contributed by atoms with Gasteiger partial charge in [-0.3, -0.25) is 0 Å². The molecule has 0 saturated heterocycles. The molecule has 0 bridgehead atoms. The van der Waals surface area contributed by atoms with Crippen molar-refractivity contribution in [1.82, 2.24) is 0 Å². The van der Waals surface area contributed by atoms with Crippen molar-refractivity contribution in [2.45, 2.75) is 6.92 Å². The zero-order valence-corrected chi connectivity index (χ0v) is 11.1. The summed E-state index contributed by atoms with van der Waals surface area (Å²) < 4.78 is 11.1. The molecule has 2 aromatic carbocycles. The minimum atomic E-state index is 0.325. The first kappa shape index (κ1) is 13.3. The third kappa shape index (κ3) is 3.18. The Labute approximate surface area is 117 Å². The van der Waals surface area contributed by atoms with Crippen molar-refractivity contribution >= 4 is 11.6 Å². The van der Waals surface area contributed by atoms with Gasteiger partial charge in [0.2, 0.25) is 0 Å². The SMILES string of the molecule is CCOc1cccc(Oc2cccc(Cl)c2C#N)c1. The van der Waals surface area contributed by atoms with E-state index in [1.54, 1.807) is 30.3 Å². The Hall–Kier alpha value is -2.18. The number of benzene rings is 2. The molecule has 0 N–H and O–H groups in total. The Morgan fingerprint density at radius 3 is 2.63 bits per heavy atom. The molecule has 0 radical (unpaired) electrons. The van der Waals surface area contributed by atoms with Crippen LogP contribution in [0.25, 0.3) is 0 Å². The van der Waals surface area contributed by atoms with Crippen molar-refractivity contribution in [3.8, 4) is 23.3 Å². The fraction of sp³-hybridized carbons (Fsp3) is 0.133. The minimum absolute atomic E-state index is 0.325. The van der Waals surface area contributed by atoms with Gasteiger partial charge in [0.25, 0.3) is 0 Å². The highest BCUT2D eigenvalue weighted by atomic mass is 35.5. The highest BCUT2D eigenvalue weighted by Gasteiger charge is 2.08. The molecule has 0 unspecified atom stereocenters. The third-order valence-electron chi connectivity index (χ3n) is 2.43. The van der Waals surface area contributed by atoms with E-state index in [2.05, 4.69) is 0 Å². The molecule has 19 heavy (non-hydrogen) atoms. The summed E-state index contributed by atoms with van der Waals surface area (Å²) in [6.45, 7) is 2.50. The van der Waals surface area contributed by atoms with Crippen LogP contribution in [-0.2, 0) is 0 Å². The average Bonchev–Trinajstić information content (AvgIpc) is 2.40. The molecule has 0 aliphatic heterocycles. The van der Waals surface area contributed by atoms with Gasteiger partial charge in [-0.15, -0.1) is 0 Å². The number of nitrogens with zero attached hydrogens (tertiary/aromatic N) is 1. The molecule has 2 aromatic rings. The van der Waals surface area contributed by atoms with Crippen molar-refractivity contribution in [3.05, 3.63) is 53.1 Å². The first-order valence-corrected chi connectivity index (χ1v) is 6.21. The highest BCUT2D eigenvalue weighted by molar-refractivity contribution is 6.31. The van der Waals surface area contributed by atoms with Gasteiger partial charge in [-0.05, 0) is 31.2 Å². The van der Waals surface area contributed by atoms with Gasteiger partial charge in [-0.2, -0.15) is 5.26 Å². The molecule has 0 atom stereocenters. The summed E-state index contributed by atoms with van der Waals surface area (Å²) in [5.41, 5.74) is 0.325. The Bertz CT molecular complexity index is 620. The zero-order valence-electron chi connectivity index (χ0n) is 10.4. The predicted molar refractivity (Wildman–Crippen MR) is 73.9 cm³/mol. The van der Waals surface area contributed by atoms with E-state index in [1.807, 2.05) is 25.1 Å². The van der Waals surface area contributed by atoms with Crippen LogP contribution < -0.4 is 9.47 Å². The quantitative estimate of drug-likeness (QED) is 0.829. The summed E-state index contributed by atoms with van der Waals surface area (Å²) in [6, 6.07) is 14.4. The van der Waals surface area contributed by atoms with Crippen molar-refractivity contribution < 1.29 is 9.47 Å². The lowest BCUT2D eigenvalue weighted by atomic mass is 10.2. The van der Waals surface area contributed by atoms with Crippen LogP contribution in [0.3, 0.4) is 0 Å². The van der Waals surface area contributed by atoms with Crippen molar-refractivity contribution in [2.24, 2.45) is 0 Å². The van der Waals surface area contributed by atoms with Crippen LogP contribution in [0.15, 0.2) is 42.5 Å². The number of hydrogen-bond donors (Lipinski definition) is 0. The summed E-state index contributed by atoms with van der Waals surface area (Å²) in [4.78, 5) is 0. The molecule has 0 fully saturated rings. The molecule has 4 heteroatoms. The van der Waals surface area contributed by atoms with Crippen LogP contribution in [0, 0.1) is 11.3 Å². The largest absolute Gasteiger partial charge is 0.494 e. The second-order valence-corrected chi connectivity index (χ2v) is 4.14. The topological polar surface area (TPSA) is 42.2 Å². The van der Waals surface area contributed by atoms with E-state index in [4.69, 9.17) is 26.3 Å². The van der Waals surface area contributed by atoms with E-state index in [-0.39, 0.29) is 0 Å². The molecule has 0 spiro atoms. The second kappa shape index (κ2) is 6.12. The standard InChI is InChI=1S/C15H12ClNO2/c1-2-18-11-5-3-6-12(9-11)19-15-8-4-7-14(16)13(15)10-17/h3-9H,2H2,1H3. The Kier molecular flexibility index (Phi) is 4.27. The van der Waals surface area contributed by atoms with Gasteiger partial charge < -0.3 is 9.47 Å². The maximum Gasteiger partial charge on any atom is 0.146 e. The summed E-state index contributed by atoms with van der Waals surface area (Å²) in [5.74, 6) is 1.76. The number of halogens is 1. The number of nitriles is 1. The molecule has 3 nitrogen and oxygen atoms in total. The van der Waals surface area contributed by atoms with E-state index >= 15 is 0 Å². The molecular weight excluding hydrogens is 262 g/mol. The first-order valence-electron chi connectivity index (χ1n) is 5.84. The molecule has 0 saturated carbocycles. The first-order chi connectivity index (χ1) is 9.24. The van der Waals surface area contributed by atoms with E-state index in [0.717, 1.165) is 5.75 Å². The van der Waals surface area contributed by atoms with Crippen LogP contribution in [-0.4, -0.2) is 6.61 Å². The van der Waals surface area contributed by atoms with Gasteiger partial charge in [0.05, 0.1) is 11.6 Å². The van der Waals surface area contributed by atoms with Crippen molar-refractivity contribution in [3.63, 3.8) is 0 Å². The number of rotatable bonds is 4. The molecule has 0 aliphatic carbocycles. The lowest BCUT2D eigenvalue weighted by Gasteiger charge is -2.09. The van der Waals surface area contributed by atoms with E-state index in [1.165, 1.54) is 0 Å². The number of ether oxygens (including phenoxy) is 2. The molecule has 0 amide bonds. The van der Waals surface area contributed by atoms with Gasteiger partial charge in [0.15, 0.2) is 0 Å². The van der Waals surface area contributed by atoms with Crippen LogP contribution in [0.5, 0.6) is 17.2 Å². The smallest absolute Gasteiger partial charge is 0.146 e. The summed E-state index contributed by atoms with van der Waals surface area (Å²) in [6.07, 6.45) is 0. The van der Waals surface area contributed by atoms with Crippen molar-refractivity contribution in [2.75, 3.05) is 6.61 Å². The van der Waals surface area contributed by atoms with Crippen LogP contribution in [0.2, 0.25) is 5.02 Å². The van der Waals surface area contributed by atoms with E-state index in [9.17, 15) is 0 Å². The van der Waals surface area contributed by atoms with Crippen LogP contribution >= 0.6 is 11.6 Å². The van der Waals surface area contributed by atoms with Crippen molar-refractivity contribution in [1.29, 1.82) is 5.26 Å². The minimum Gasteiger partial charge on any atom is -0.494 e. The van der Waals surface area contributed by atoms with Gasteiger partial charge in [0.1, 0.15) is 28.9 Å². The maximum atomic E-state index is 9.08. The lowest BCUT2D eigenvalue weighted by Crippen LogP contribution is -1.93. The molecular formula is C15H12ClNO2. The molecule has 2 rings (SSSR count). The normalized spacial score (nSPS) is 9.74. The molecule has 0 aliphatic rings. The molecule has 0 aromatic heterocycles. The Morgan fingerprint density at radius 2 is 1.89 bits per heavy atom. The van der Waals surface area contributed by atoms with E-state index < -0.39 is 0 Å². The van der Waals surface area contributed by atoms with E-state index in [0.29, 0.717) is 28.7 Å². The zero-order chi connectivity index (χ0) is 13.7. The van der Waals surface area contributed by atoms with Gasteiger partial charge in [-0.1, -0.05) is 23.7 Å². The highest BCUT2D eigenvalue weighted by Crippen LogP contribution is 2.31. The predicted octanol–water partition coefficient (Wildman–Crippen LogP) is 4.40. The molecule has 0 heterocycles. The molecule has 96 valence electrons. The van der Waals surface area contributed by atoms with Gasteiger partial charge in [0, 0.05) is 6.07 Å². The lowest BCUT2D eigenvalue weighted by molar-refractivity contribution is 0.338. The number of hydrogen-bond acceptors (Lipinski definition) is 3. The summed E-state index contributed by atoms with van der Waals surface area (Å²) >= 11 is 5.95. The second-order valence-electron chi connectivity index (χ2n) is 3.73.